The van der Waals surface area contributed by atoms with E-state index in [1.54, 1.807) is 7.11 Å². The molecular weight excluding hydrogens is 232 g/mol. The van der Waals surface area contributed by atoms with Crippen LogP contribution < -0.4 is 0 Å². The smallest absolute Gasteiger partial charge is 0.133 e. The van der Waals surface area contributed by atoms with E-state index in [0.29, 0.717) is 6.61 Å². The van der Waals surface area contributed by atoms with Gasteiger partial charge in [-0.2, -0.15) is 0 Å². The van der Waals surface area contributed by atoms with Crippen molar-refractivity contribution in [2.75, 3.05) is 26.8 Å². The Balaban J connectivity index is 1.98. The van der Waals surface area contributed by atoms with E-state index in [2.05, 4.69) is 23.9 Å². The van der Waals surface area contributed by atoms with Crippen LogP contribution in [0.25, 0.3) is 0 Å². The third-order valence-electron chi connectivity index (χ3n) is 2.97. The molecule has 1 aromatic rings. The van der Waals surface area contributed by atoms with E-state index in [-0.39, 0.29) is 11.7 Å². The minimum absolute atomic E-state index is 0.117. The molecule has 1 aliphatic rings. The fourth-order valence-electron chi connectivity index (χ4n) is 2.53. The van der Waals surface area contributed by atoms with Gasteiger partial charge >= 0.3 is 0 Å². The lowest BCUT2D eigenvalue weighted by atomic mass is 10.1. The largest absolute Gasteiger partial charge is 0.382 e. The molecule has 5 nitrogen and oxygen atoms in total. The maximum absolute atomic E-state index is 5.98. The number of morpholine rings is 1. The van der Waals surface area contributed by atoms with Crippen molar-refractivity contribution in [3.8, 4) is 0 Å². The van der Waals surface area contributed by atoms with E-state index < -0.39 is 0 Å². The molecule has 2 rings (SSSR count). The first-order valence-electron chi connectivity index (χ1n) is 6.30. The summed E-state index contributed by atoms with van der Waals surface area (Å²) in [6, 6.07) is 1.98. The average molecular weight is 254 g/mol. The Labute approximate surface area is 108 Å². The molecule has 0 spiro atoms. The molecule has 102 valence electrons. The lowest BCUT2D eigenvalue weighted by molar-refractivity contribution is -0.154. The monoisotopic (exact) mass is 254 g/mol. The van der Waals surface area contributed by atoms with Crippen LogP contribution in [0.3, 0.4) is 0 Å². The standard InChI is InChI=1S/C13H22N2O3/c1-10-5-11(14-18-10)6-15-7-12(8-16-4)17-13(2,3)9-15/h5,12H,6-9H2,1-4H3/t12-/m0/s1. The van der Waals surface area contributed by atoms with Crippen molar-refractivity contribution >= 4 is 0 Å². The SMILES string of the molecule is COC[C@@H]1CN(Cc2cc(C)on2)CC(C)(C)O1. The molecule has 0 amide bonds. The predicted molar refractivity (Wildman–Crippen MR) is 67.3 cm³/mol. The molecular formula is C13H22N2O3. The molecule has 0 aliphatic carbocycles. The first kappa shape index (κ1) is 13.5. The molecule has 1 aromatic heterocycles. The maximum atomic E-state index is 5.98. The molecule has 0 saturated carbocycles. The molecule has 5 heteroatoms. The minimum atomic E-state index is -0.153. The average Bonchev–Trinajstić information content (AvgIpc) is 2.61. The zero-order chi connectivity index (χ0) is 13.2. The number of aromatic nitrogens is 1. The number of nitrogens with zero attached hydrogens (tertiary/aromatic N) is 2. The quantitative estimate of drug-likeness (QED) is 0.817. The van der Waals surface area contributed by atoms with Crippen LogP contribution in [-0.4, -0.2) is 48.6 Å². The molecule has 0 radical (unpaired) electrons. The summed E-state index contributed by atoms with van der Waals surface area (Å²) < 4.78 is 16.3. The van der Waals surface area contributed by atoms with Gasteiger partial charge in [-0.25, -0.2) is 0 Å². The summed E-state index contributed by atoms with van der Waals surface area (Å²) >= 11 is 0. The topological polar surface area (TPSA) is 47.7 Å². The highest BCUT2D eigenvalue weighted by Gasteiger charge is 2.33. The van der Waals surface area contributed by atoms with Crippen molar-refractivity contribution in [1.29, 1.82) is 0 Å². The summed E-state index contributed by atoms with van der Waals surface area (Å²) in [5.74, 6) is 0.853. The highest BCUT2D eigenvalue weighted by atomic mass is 16.5. The second-order valence-electron chi connectivity index (χ2n) is 5.55. The van der Waals surface area contributed by atoms with Gasteiger partial charge in [0, 0.05) is 32.8 Å². The molecule has 1 atom stereocenters. The number of aryl methyl sites for hydroxylation is 1. The van der Waals surface area contributed by atoms with E-state index in [4.69, 9.17) is 14.0 Å². The summed E-state index contributed by atoms with van der Waals surface area (Å²) in [6.45, 7) is 9.30. The van der Waals surface area contributed by atoms with Gasteiger partial charge in [-0.05, 0) is 20.8 Å². The van der Waals surface area contributed by atoms with Gasteiger partial charge in [-0.1, -0.05) is 5.16 Å². The van der Waals surface area contributed by atoms with Gasteiger partial charge in [-0.15, -0.1) is 0 Å². The van der Waals surface area contributed by atoms with Gasteiger partial charge in [0.1, 0.15) is 5.76 Å². The Morgan fingerprint density at radius 3 is 2.94 bits per heavy atom. The Morgan fingerprint density at radius 2 is 2.33 bits per heavy atom. The van der Waals surface area contributed by atoms with Crippen LogP contribution in [0.4, 0.5) is 0 Å². The van der Waals surface area contributed by atoms with Crippen molar-refractivity contribution in [2.24, 2.45) is 0 Å². The van der Waals surface area contributed by atoms with Crippen molar-refractivity contribution in [3.05, 3.63) is 17.5 Å². The van der Waals surface area contributed by atoms with E-state index in [1.807, 2.05) is 13.0 Å². The highest BCUT2D eigenvalue weighted by molar-refractivity contribution is 5.04. The lowest BCUT2D eigenvalue weighted by Gasteiger charge is -2.42. The third-order valence-corrected chi connectivity index (χ3v) is 2.97. The fraction of sp³-hybridized carbons (Fsp3) is 0.769. The van der Waals surface area contributed by atoms with Gasteiger partial charge in [0.15, 0.2) is 0 Å². The molecule has 1 fully saturated rings. The number of hydrogen-bond donors (Lipinski definition) is 0. The molecule has 1 saturated heterocycles. The second-order valence-corrected chi connectivity index (χ2v) is 5.55. The molecule has 0 N–H and O–H groups in total. The lowest BCUT2D eigenvalue weighted by Crippen LogP contribution is -2.53. The van der Waals surface area contributed by atoms with Gasteiger partial charge in [0.05, 0.1) is 24.0 Å². The molecule has 0 unspecified atom stereocenters. The summed E-state index contributed by atoms with van der Waals surface area (Å²) in [7, 11) is 1.70. The van der Waals surface area contributed by atoms with E-state index in [0.717, 1.165) is 31.1 Å². The van der Waals surface area contributed by atoms with E-state index >= 15 is 0 Å². The molecule has 2 heterocycles. The number of rotatable bonds is 4. The van der Waals surface area contributed by atoms with Crippen LogP contribution in [0.1, 0.15) is 25.3 Å². The van der Waals surface area contributed by atoms with Crippen LogP contribution in [0.5, 0.6) is 0 Å². The first-order chi connectivity index (χ1) is 8.48. The number of hydrogen-bond acceptors (Lipinski definition) is 5. The predicted octanol–water partition coefficient (Wildman–Crippen LogP) is 1.61. The third kappa shape index (κ3) is 3.54. The first-order valence-corrected chi connectivity index (χ1v) is 6.30. The Kier molecular flexibility index (Phi) is 4.04. The molecule has 1 aliphatic heterocycles. The highest BCUT2D eigenvalue weighted by Crippen LogP contribution is 2.22. The van der Waals surface area contributed by atoms with Crippen LogP contribution in [0.15, 0.2) is 10.6 Å². The molecule has 18 heavy (non-hydrogen) atoms. The van der Waals surface area contributed by atoms with Crippen LogP contribution >= 0.6 is 0 Å². The van der Waals surface area contributed by atoms with Crippen LogP contribution in [0, 0.1) is 6.92 Å². The van der Waals surface area contributed by atoms with Gasteiger partial charge in [-0.3, -0.25) is 4.90 Å². The van der Waals surface area contributed by atoms with Crippen molar-refractivity contribution in [3.63, 3.8) is 0 Å². The van der Waals surface area contributed by atoms with Crippen molar-refractivity contribution in [2.45, 2.75) is 39.0 Å². The minimum Gasteiger partial charge on any atom is -0.382 e. The fourth-order valence-corrected chi connectivity index (χ4v) is 2.53. The summed E-state index contributed by atoms with van der Waals surface area (Å²) in [5, 5.41) is 4.04. The van der Waals surface area contributed by atoms with Gasteiger partial charge < -0.3 is 14.0 Å². The summed E-state index contributed by atoms with van der Waals surface area (Å²) in [4.78, 5) is 2.34. The van der Waals surface area contributed by atoms with Crippen molar-refractivity contribution in [1.82, 2.24) is 10.1 Å². The number of methoxy groups -OCH3 is 1. The molecule has 0 bridgehead atoms. The van der Waals surface area contributed by atoms with Gasteiger partial charge in [0.25, 0.3) is 0 Å². The Bertz CT molecular complexity index is 389. The second kappa shape index (κ2) is 5.38. The van der Waals surface area contributed by atoms with E-state index in [9.17, 15) is 0 Å². The van der Waals surface area contributed by atoms with Crippen molar-refractivity contribution < 1.29 is 14.0 Å². The Hall–Kier alpha value is -0.910. The number of ether oxygens (including phenoxy) is 2. The zero-order valence-corrected chi connectivity index (χ0v) is 11.6. The van der Waals surface area contributed by atoms with Crippen LogP contribution in [-0.2, 0) is 16.0 Å². The zero-order valence-electron chi connectivity index (χ0n) is 11.6. The summed E-state index contributed by atoms with van der Waals surface area (Å²) in [6.07, 6.45) is 0.117. The maximum Gasteiger partial charge on any atom is 0.133 e. The Morgan fingerprint density at radius 1 is 1.56 bits per heavy atom. The van der Waals surface area contributed by atoms with Gasteiger partial charge in [0.2, 0.25) is 0 Å². The molecule has 0 aromatic carbocycles. The normalized spacial score (nSPS) is 24.3. The van der Waals surface area contributed by atoms with Crippen LogP contribution in [0.2, 0.25) is 0 Å². The van der Waals surface area contributed by atoms with E-state index in [1.165, 1.54) is 0 Å². The summed E-state index contributed by atoms with van der Waals surface area (Å²) in [5.41, 5.74) is 0.821.